The van der Waals surface area contributed by atoms with Gasteiger partial charge in [0, 0.05) is 6.42 Å². The first-order valence-corrected chi connectivity index (χ1v) is 11.8. The summed E-state index contributed by atoms with van der Waals surface area (Å²) in [7, 11) is 0. The zero-order valence-electron chi connectivity index (χ0n) is 19.4. The van der Waals surface area contributed by atoms with Crippen molar-refractivity contribution in [3.05, 3.63) is 23.7 Å². The van der Waals surface area contributed by atoms with Crippen LogP contribution in [0.5, 0.6) is 0 Å². The number of ether oxygens (including phenoxy) is 1. The van der Waals surface area contributed by atoms with Crippen molar-refractivity contribution in [2.75, 3.05) is 6.61 Å². The summed E-state index contributed by atoms with van der Waals surface area (Å²) in [5.74, 6) is -3.44. The molecule has 32 heavy (non-hydrogen) atoms. The van der Waals surface area contributed by atoms with Gasteiger partial charge in [-0.3, -0.25) is 4.79 Å². The largest absolute Gasteiger partial charge is 0.505 e. The number of hydrogen-bond acceptors (Lipinski definition) is 7. The van der Waals surface area contributed by atoms with Gasteiger partial charge in [-0.25, -0.2) is 4.79 Å². The van der Waals surface area contributed by atoms with Gasteiger partial charge in [-0.05, 0) is 32.1 Å². The maximum atomic E-state index is 10.5. The van der Waals surface area contributed by atoms with Gasteiger partial charge in [0.15, 0.2) is 11.9 Å². The van der Waals surface area contributed by atoms with Gasteiger partial charge in [0.1, 0.15) is 6.10 Å². The Morgan fingerprint density at radius 2 is 1.44 bits per heavy atom. The van der Waals surface area contributed by atoms with Gasteiger partial charge in [-0.1, -0.05) is 70.4 Å². The molecule has 2 atom stereocenters. The summed E-state index contributed by atoms with van der Waals surface area (Å²) >= 11 is 0. The molecule has 0 unspecified atom stereocenters. The molecule has 0 saturated heterocycles. The monoisotopic (exact) mass is 458 g/mol. The predicted octanol–water partition coefficient (Wildman–Crippen LogP) is 4.70. The summed E-state index contributed by atoms with van der Waals surface area (Å²) in [4.78, 5) is 20.9. The molecule has 0 bridgehead atoms. The summed E-state index contributed by atoms with van der Waals surface area (Å²) in [6, 6.07) is 0. The maximum Gasteiger partial charge on any atom is 0.377 e. The van der Waals surface area contributed by atoms with Crippen molar-refractivity contribution >= 4 is 11.9 Å². The third kappa shape index (κ3) is 14.9. The lowest BCUT2D eigenvalue weighted by Gasteiger charge is -2.13. The Hall–Kier alpha value is -2.06. The van der Waals surface area contributed by atoms with Gasteiger partial charge in [0.2, 0.25) is 5.76 Å². The number of allylic oxidation sites excluding steroid dienone is 2. The van der Waals surface area contributed by atoms with Crippen LogP contribution < -0.4 is 0 Å². The Labute approximate surface area is 191 Å². The second-order valence-electron chi connectivity index (χ2n) is 8.04. The van der Waals surface area contributed by atoms with Gasteiger partial charge in [0.05, 0.1) is 6.61 Å². The molecule has 1 heterocycles. The highest BCUT2D eigenvalue weighted by molar-refractivity contribution is 5.89. The van der Waals surface area contributed by atoms with E-state index in [-0.39, 0.29) is 0 Å². The standard InChI is InChI=1S/C18H34O2.C6H8O6/c1-2-3-4-5-6-7-8-9-10-11-12-13-14-15-16-17-18(19)20;7-1-2(8)5-3(9)4(10)6(11)12-5/h9-10H,2-8,11-17H2,1H3,(H,19,20);2,5,7-10H,1H2/b10-9-;/t;2-,5+/m.0/s1. The first kappa shape index (κ1) is 29.9. The first-order chi connectivity index (χ1) is 15.3. The Kier molecular flexibility index (Phi) is 18.3. The van der Waals surface area contributed by atoms with Crippen LogP contribution in [0.15, 0.2) is 23.7 Å². The molecule has 8 heteroatoms. The molecule has 1 aliphatic rings. The second-order valence-corrected chi connectivity index (χ2v) is 8.04. The number of carboxylic acid groups (broad SMARTS) is 1. The van der Waals surface area contributed by atoms with Crippen LogP contribution >= 0.6 is 0 Å². The van der Waals surface area contributed by atoms with Crippen LogP contribution in [0.3, 0.4) is 0 Å². The highest BCUT2D eigenvalue weighted by Crippen LogP contribution is 2.20. The molecular weight excluding hydrogens is 416 g/mol. The number of carbonyl (C=O) groups excluding carboxylic acids is 1. The van der Waals surface area contributed by atoms with Crippen LogP contribution in [0.25, 0.3) is 0 Å². The van der Waals surface area contributed by atoms with Gasteiger partial charge in [-0.15, -0.1) is 0 Å². The van der Waals surface area contributed by atoms with E-state index in [9.17, 15) is 9.59 Å². The summed E-state index contributed by atoms with van der Waals surface area (Å²) in [5.41, 5.74) is 0. The average Bonchev–Trinajstić information content (AvgIpc) is 3.03. The van der Waals surface area contributed by atoms with E-state index in [0.29, 0.717) is 6.42 Å². The van der Waals surface area contributed by atoms with Gasteiger partial charge in [-0.2, -0.15) is 0 Å². The number of aliphatic carboxylic acids is 1. The molecule has 0 fully saturated rings. The molecule has 8 nitrogen and oxygen atoms in total. The summed E-state index contributed by atoms with van der Waals surface area (Å²) < 4.78 is 4.32. The molecule has 0 saturated carbocycles. The molecule has 0 radical (unpaired) electrons. The van der Waals surface area contributed by atoms with Crippen LogP contribution in [0, 0.1) is 0 Å². The van der Waals surface area contributed by atoms with Crippen molar-refractivity contribution in [2.24, 2.45) is 0 Å². The number of carbonyl (C=O) groups is 2. The number of hydrogen-bond donors (Lipinski definition) is 5. The van der Waals surface area contributed by atoms with Crippen LogP contribution in [-0.4, -0.2) is 56.3 Å². The minimum absolute atomic E-state index is 0.332. The number of carboxylic acids is 1. The smallest absolute Gasteiger partial charge is 0.377 e. The predicted molar refractivity (Wildman–Crippen MR) is 122 cm³/mol. The average molecular weight is 459 g/mol. The molecule has 5 N–H and O–H groups in total. The zero-order chi connectivity index (χ0) is 24.2. The van der Waals surface area contributed by atoms with Crippen molar-refractivity contribution < 1.29 is 39.9 Å². The number of unbranched alkanes of at least 4 members (excludes halogenated alkanes) is 11. The Bertz CT molecular complexity index is 570. The number of cyclic esters (lactones) is 1. The maximum absolute atomic E-state index is 10.5. The fourth-order valence-electron chi connectivity index (χ4n) is 3.17. The molecule has 0 amide bonds. The second kappa shape index (κ2) is 19.6. The summed E-state index contributed by atoms with van der Waals surface area (Å²) in [5, 5.41) is 43.6. The van der Waals surface area contributed by atoms with E-state index < -0.39 is 42.3 Å². The number of aliphatic hydroxyl groups is 4. The van der Waals surface area contributed by atoms with Crippen molar-refractivity contribution in [1.82, 2.24) is 0 Å². The summed E-state index contributed by atoms with van der Waals surface area (Å²) in [6.45, 7) is 1.59. The molecule has 186 valence electrons. The fourth-order valence-corrected chi connectivity index (χ4v) is 3.17. The molecule has 0 aromatic heterocycles. The van der Waals surface area contributed by atoms with E-state index in [0.717, 1.165) is 12.8 Å². The van der Waals surface area contributed by atoms with Crippen molar-refractivity contribution in [3.63, 3.8) is 0 Å². The van der Waals surface area contributed by atoms with Gasteiger partial charge >= 0.3 is 11.9 Å². The lowest BCUT2D eigenvalue weighted by Crippen LogP contribution is -2.31. The molecule has 0 aliphatic carbocycles. The Balaban J connectivity index is 0.000000677. The van der Waals surface area contributed by atoms with E-state index in [1.165, 1.54) is 70.6 Å². The molecule has 0 aromatic rings. The third-order valence-corrected chi connectivity index (χ3v) is 5.13. The number of esters is 1. The number of rotatable bonds is 17. The Morgan fingerprint density at radius 3 is 1.88 bits per heavy atom. The molecule has 1 aliphatic heterocycles. The highest BCUT2D eigenvalue weighted by Gasteiger charge is 2.38. The van der Waals surface area contributed by atoms with Gasteiger partial charge in [0.25, 0.3) is 0 Å². The normalized spacial score (nSPS) is 16.7. The lowest BCUT2D eigenvalue weighted by molar-refractivity contribution is -0.147. The highest BCUT2D eigenvalue weighted by atomic mass is 16.6. The SMILES string of the molecule is CCCCCCCC/C=C\CCCCCCCC(=O)O.O=C1O[C@H]([C@@H](O)CO)C(O)=C1O. The molecule has 1 rings (SSSR count). The molecule has 0 aromatic carbocycles. The topological polar surface area (TPSA) is 145 Å². The van der Waals surface area contributed by atoms with E-state index in [4.69, 9.17) is 25.5 Å². The third-order valence-electron chi connectivity index (χ3n) is 5.13. The minimum Gasteiger partial charge on any atom is -0.505 e. The summed E-state index contributed by atoms with van der Waals surface area (Å²) in [6.07, 6.45) is 18.5. The van der Waals surface area contributed by atoms with Crippen molar-refractivity contribution in [1.29, 1.82) is 0 Å². The molecule has 0 spiro atoms. The first-order valence-electron chi connectivity index (χ1n) is 11.8. The van der Waals surface area contributed by atoms with E-state index >= 15 is 0 Å². The minimum atomic E-state index is -1.42. The fraction of sp³-hybridized carbons (Fsp3) is 0.750. The lowest BCUT2D eigenvalue weighted by atomic mass is 10.1. The van der Waals surface area contributed by atoms with Crippen LogP contribution in [0.2, 0.25) is 0 Å². The molecular formula is C24H42O8. The van der Waals surface area contributed by atoms with E-state index in [1.807, 2.05) is 0 Å². The van der Waals surface area contributed by atoms with E-state index in [2.05, 4.69) is 23.8 Å². The van der Waals surface area contributed by atoms with Crippen molar-refractivity contribution in [3.8, 4) is 0 Å². The van der Waals surface area contributed by atoms with Crippen molar-refractivity contribution in [2.45, 2.75) is 109 Å². The van der Waals surface area contributed by atoms with Crippen LogP contribution in [0.4, 0.5) is 0 Å². The van der Waals surface area contributed by atoms with Crippen LogP contribution in [-0.2, 0) is 14.3 Å². The quantitative estimate of drug-likeness (QED) is 0.120. The zero-order valence-corrected chi connectivity index (χ0v) is 19.4. The van der Waals surface area contributed by atoms with Gasteiger partial charge < -0.3 is 30.3 Å². The van der Waals surface area contributed by atoms with E-state index in [1.54, 1.807) is 0 Å². The number of aliphatic hydroxyl groups excluding tert-OH is 4. The van der Waals surface area contributed by atoms with Crippen LogP contribution in [0.1, 0.15) is 96.8 Å². The Morgan fingerprint density at radius 1 is 0.938 bits per heavy atom.